The third-order valence-electron chi connectivity index (χ3n) is 3.79. The van der Waals surface area contributed by atoms with Crippen LogP contribution >= 0.6 is 0 Å². The minimum absolute atomic E-state index is 0.0516. The van der Waals surface area contributed by atoms with Crippen LogP contribution in [0, 0.1) is 11.3 Å². The van der Waals surface area contributed by atoms with Gasteiger partial charge in [0, 0.05) is 5.92 Å². The van der Waals surface area contributed by atoms with Crippen LogP contribution in [-0.2, 0) is 9.53 Å². The summed E-state index contributed by atoms with van der Waals surface area (Å²) in [6.07, 6.45) is 2.68. The second-order valence-corrected chi connectivity index (χ2v) is 4.96. The molecule has 1 fully saturated rings. The Labute approximate surface area is 79.0 Å². The number of fused-ring (bicyclic) bond motifs is 1. The van der Waals surface area contributed by atoms with Gasteiger partial charge in [0.25, 0.3) is 0 Å². The Morgan fingerprint density at radius 2 is 2.08 bits per heavy atom. The van der Waals surface area contributed by atoms with Crippen molar-refractivity contribution in [2.75, 3.05) is 0 Å². The van der Waals surface area contributed by atoms with Crippen LogP contribution in [0.2, 0.25) is 0 Å². The summed E-state index contributed by atoms with van der Waals surface area (Å²) in [4.78, 5) is 11.2. The molecule has 0 aromatic heterocycles. The predicted octanol–water partition coefficient (Wildman–Crippen LogP) is 2.29. The van der Waals surface area contributed by atoms with Crippen LogP contribution in [0.4, 0.5) is 0 Å². The lowest BCUT2D eigenvalue weighted by molar-refractivity contribution is -0.144. The first kappa shape index (κ1) is 8.79. The average molecular weight is 180 g/mol. The molecule has 1 saturated heterocycles. The highest BCUT2D eigenvalue weighted by atomic mass is 16.6. The third kappa shape index (κ3) is 0.976. The molecule has 13 heavy (non-hydrogen) atoms. The molecular weight excluding hydrogens is 164 g/mol. The molecule has 2 atom stereocenters. The van der Waals surface area contributed by atoms with Gasteiger partial charge in [0.2, 0.25) is 0 Å². The summed E-state index contributed by atoms with van der Waals surface area (Å²) in [5.41, 5.74) is 1.12. The zero-order chi connectivity index (χ0) is 9.85. The van der Waals surface area contributed by atoms with Crippen LogP contribution < -0.4 is 0 Å². The summed E-state index contributed by atoms with van der Waals surface area (Å²) in [5.74, 6) is 0.275. The molecule has 0 spiro atoms. The molecule has 0 aromatic carbocycles. The number of carbonyl (C=O) groups is 1. The van der Waals surface area contributed by atoms with Gasteiger partial charge in [-0.25, -0.2) is 0 Å². The lowest BCUT2D eigenvalue weighted by atomic mass is 9.73. The smallest absolute Gasteiger partial charge is 0.307 e. The van der Waals surface area contributed by atoms with Crippen LogP contribution in [0.5, 0.6) is 0 Å². The van der Waals surface area contributed by atoms with Crippen molar-refractivity contribution in [2.24, 2.45) is 11.3 Å². The molecule has 1 unspecified atom stereocenters. The fraction of sp³-hybridized carbons (Fsp3) is 0.727. The summed E-state index contributed by atoms with van der Waals surface area (Å²) in [7, 11) is 0. The Hall–Kier alpha value is -0.790. The quantitative estimate of drug-likeness (QED) is 0.422. The Balaban J connectivity index is 2.44. The largest absolute Gasteiger partial charge is 0.455 e. The molecule has 0 bridgehead atoms. The van der Waals surface area contributed by atoms with Crippen molar-refractivity contribution in [1.82, 2.24) is 0 Å². The minimum atomic E-state index is -0.329. The van der Waals surface area contributed by atoms with Gasteiger partial charge in [-0.1, -0.05) is 19.4 Å². The fourth-order valence-electron chi connectivity index (χ4n) is 2.72. The fourth-order valence-corrected chi connectivity index (χ4v) is 2.72. The van der Waals surface area contributed by atoms with E-state index < -0.39 is 0 Å². The lowest BCUT2D eigenvalue weighted by Crippen LogP contribution is -2.32. The van der Waals surface area contributed by atoms with Gasteiger partial charge in [0.05, 0.1) is 6.42 Å². The normalized spacial score (nSPS) is 41.4. The maximum Gasteiger partial charge on any atom is 0.307 e. The number of rotatable bonds is 0. The maximum atomic E-state index is 11.2. The zero-order valence-corrected chi connectivity index (χ0v) is 8.68. The van der Waals surface area contributed by atoms with E-state index >= 15 is 0 Å². The van der Waals surface area contributed by atoms with Crippen molar-refractivity contribution in [2.45, 2.75) is 39.7 Å². The SMILES string of the molecule is CC1=C[C@]2(C)OC(=O)CC2C1(C)C. The predicted molar refractivity (Wildman–Crippen MR) is 50.1 cm³/mol. The molecule has 1 aliphatic heterocycles. The van der Waals surface area contributed by atoms with E-state index in [1.165, 1.54) is 5.57 Å². The first-order valence-electron chi connectivity index (χ1n) is 4.78. The summed E-state index contributed by atoms with van der Waals surface area (Å²) < 4.78 is 5.36. The van der Waals surface area contributed by atoms with E-state index in [0.717, 1.165) is 0 Å². The van der Waals surface area contributed by atoms with Gasteiger partial charge in [-0.2, -0.15) is 0 Å². The number of ether oxygens (including phenoxy) is 1. The highest BCUT2D eigenvalue weighted by Gasteiger charge is 2.56. The highest BCUT2D eigenvalue weighted by Crippen LogP contribution is 2.54. The summed E-state index contributed by atoms with van der Waals surface area (Å²) >= 11 is 0. The third-order valence-corrected chi connectivity index (χ3v) is 3.79. The van der Waals surface area contributed by atoms with Gasteiger partial charge in [0.1, 0.15) is 5.60 Å². The van der Waals surface area contributed by atoms with Gasteiger partial charge < -0.3 is 4.74 Å². The van der Waals surface area contributed by atoms with E-state index in [9.17, 15) is 4.79 Å². The average Bonchev–Trinajstić information content (AvgIpc) is 2.32. The maximum absolute atomic E-state index is 11.2. The molecule has 0 amide bonds. The summed E-state index contributed by atoms with van der Waals surface area (Å²) in [6.45, 7) is 8.52. The van der Waals surface area contributed by atoms with Gasteiger partial charge in [-0.15, -0.1) is 0 Å². The molecular formula is C11H16O2. The molecule has 0 radical (unpaired) electrons. The molecule has 1 heterocycles. The minimum Gasteiger partial charge on any atom is -0.455 e. The molecule has 2 rings (SSSR count). The summed E-state index contributed by atoms with van der Waals surface area (Å²) in [5, 5.41) is 0. The first-order valence-corrected chi connectivity index (χ1v) is 4.78. The van der Waals surface area contributed by atoms with Crippen molar-refractivity contribution >= 4 is 5.97 Å². The molecule has 2 aliphatic rings. The second-order valence-electron chi connectivity index (χ2n) is 4.96. The van der Waals surface area contributed by atoms with Crippen LogP contribution in [0.1, 0.15) is 34.1 Å². The Morgan fingerprint density at radius 3 is 2.62 bits per heavy atom. The van der Waals surface area contributed by atoms with Crippen LogP contribution in [0.15, 0.2) is 11.6 Å². The molecule has 0 aromatic rings. The number of allylic oxidation sites excluding steroid dienone is 1. The molecule has 0 N–H and O–H groups in total. The number of esters is 1. The van der Waals surface area contributed by atoms with Crippen LogP contribution in [0.25, 0.3) is 0 Å². The Kier molecular flexibility index (Phi) is 1.47. The standard InChI is InChI=1S/C11H16O2/c1-7-6-11(4)8(10(7,2)3)5-9(12)13-11/h6,8H,5H2,1-4H3/t8?,11-/m0/s1. The van der Waals surface area contributed by atoms with Gasteiger partial charge in [-0.05, 0) is 25.3 Å². The monoisotopic (exact) mass is 180 g/mol. The van der Waals surface area contributed by atoms with Crippen molar-refractivity contribution < 1.29 is 9.53 Å². The van der Waals surface area contributed by atoms with Gasteiger partial charge >= 0.3 is 5.97 Å². The van der Waals surface area contributed by atoms with Gasteiger partial charge in [-0.3, -0.25) is 4.79 Å². The van der Waals surface area contributed by atoms with Crippen LogP contribution in [0.3, 0.4) is 0 Å². The Bertz CT molecular complexity index is 301. The van der Waals surface area contributed by atoms with E-state index in [1.807, 2.05) is 6.92 Å². The van der Waals surface area contributed by atoms with Crippen LogP contribution in [-0.4, -0.2) is 11.6 Å². The van der Waals surface area contributed by atoms with E-state index in [-0.39, 0.29) is 17.0 Å². The number of carbonyl (C=O) groups excluding carboxylic acids is 1. The molecule has 2 heteroatoms. The van der Waals surface area contributed by atoms with Crippen molar-refractivity contribution in [3.63, 3.8) is 0 Å². The van der Waals surface area contributed by atoms with E-state index in [2.05, 4.69) is 26.8 Å². The topological polar surface area (TPSA) is 26.3 Å². The van der Waals surface area contributed by atoms with Crippen molar-refractivity contribution in [1.29, 1.82) is 0 Å². The first-order chi connectivity index (χ1) is 5.86. The number of hydrogen-bond acceptors (Lipinski definition) is 2. The zero-order valence-electron chi connectivity index (χ0n) is 8.68. The second kappa shape index (κ2) is 2.17. The van der Waals surface area contributed by atoms with Gasteiger partial charge in [0.15, 0.2) is 0 Å². The van der Waals surface area contributed by atoms with E-state index in [4.69, 9.17) is 4.74 Å². The molecule has 72 valence electrons. The molecule has 1 aliphatic carbocycles. The highest BCUT2D eigenvalue weighted by molar-refractivity contribution is 5.74. The lowest BCUT2D eigenvalue weighted by Gasteiger charge is -2.30. The number of hydrogen-bond donors (Lipinski definition) is 0. The Morgan fingerprint density at radius 1 is 1.46 bits per heavy atom. The van der Waals surface area contributed by atoms with E-state index in [1.54, 1.807) is 0 Å². The van der Waals surface area contributed by atoms with Crippen molar-refractivity contribution in [3.8, 4) is 0 Å². The molecule has 0 saturated carbocycles. The van der Waals surface area contributed by atoms with E-state index in [0.29, 0.717) is 12.3 Å². The van der Waals surface area contributed by atoms with Crippen molar-refractivity contribution in [3.05, 3.63) is 11.6 Å². The molecule has 2 nitrogen and oxygen atoms in total. The summed E-state index contributed by atoms with van der Waals surface area (Å²) in [6, 6.07) is 0.